The second-order valence-electron chi connectivity index (χ2n) is 5.81. The van der Waals surface area contributed by atoms with Crippen molar-refractivity contribution in [2.45, 2.75) is 45.4 Å². The van der Waals surface area contributed by atoms with Gasteiger partial charge in [0.25, 0.3) is 0 Å². The number of hydrogen-bond donors (Lipinski definition) is 1. The first-order valence-electron chi connectivity index (χ1n) is 7.84. The third-order valence-electron chi connectivity index (χ3n) is 3.85. The summed E-state index contributed by atoms with van der Waals surface area (Å²) in [6.07, 6.45) is 2.21. The molecule has 118 valence electrons. The summed E-state index contributed by atoms with van der Waals surface area (Å²) < 4.78 is 11.4. The lowest BCUT2D eigenvalue weighted by molar-refractivity contribution is 0.0790. The van der Waals surface area contributed by atoms with Crippen LogP contribution in [0.3, 0.4) is 0 Å². The molecule has 2 unspecified atom stereocenters. The summed E-state index contributed by atoms with van der Waals surface area (Å²) in [4.78, 5) is 2.26. The highest BCUT2D eigenvalue weighted by Crippen LogP contribution is 2.25. The van der Waals surface area contributed by atoms with Crippen LogP contribution < -0.4 is 4.74 Å². The molecule has 0 saturated carbocycles. The summed E-state index contributed by atoms with van der Waals surface area (Å²) in [6.45, 7) is 7.05. The molecule has 2 atom stereocenters. The Morgan fingerprint density at radius 3 is 2.90 bits per heavy atom. The van der Waals surface area contributed by atoms with Crippen molar-refractivity contribution in [3.05, 3.63) is 29.3 Å². The van der Waals surface area contributed by atoms with E-state index in [2.05, 4.69) is 11.9 Å². The van der Waals surface area contributed by atoms with E-state index in [-0.39, 0.29) is 0 Å². The van der Waals surface area contributed by atoms with E-state index in [1.54, 1.807) is 6.92 Å². The molecule has 1 aliphatic heterocycles. The molecule has 1 saturated heterocycles. The molecule has 1 aromatic rings. The Morgan fingerprint density at radius 2 is 2.29 bits per heavy atom. The molecule has 1 aromatic carbocycles. The molecule has 1 N–H and O–H groups in total. The molecular formula is C17H27NO3. The zero-order valence-electron chi connectivity index (χ0n) is 13.3. The maximum absolute atomic E-state index is 9.76. The highest BCUT2D eigenvalue weighted by atomic mass is 16.5. The summed E-state index contributed by atoms with van der Waals surface area (Å²) >= 11 is 0. The van der Waals surface area contributed by atoms with Crippen LogP contribution >= 0.6 is 0 Å². The number of rotatable bonds is 7. The van der Waals surface area contributed by atoms with Crippen LogP contribution in [0.2, 0.25) is 0 Å². The third-order valence-corrected chi connectivity index (χ3v) is 3.85. The number of aliphatic hydroxyl groups excluding tert-OH is 1. The number of hydrogen-bond acceptors (Lipinski definition) is 4. The predicted octanol–water partition coefficient (Wildman–Crippen LogP) is 2.75. The van der Waals surface area contributed by atoms with E-state index < -0.39 is 6.10 Å². The molecule has 0 amide bonds. The molecule has 4 heteroatoms. The van der Waals surface area contributed by atoms with Gasteiger partial charge in [0.05, 0.1) is 18.8 Å². The quantitative estimate of drug-likeness (QED) is 0.839. The highest BCUT2D eigenvalue weighted by molar-refractivity contribution is 5.38. The minimum atomic E-state index is -0.456. The van der Waals surface area contributed by atoms with Crippen LogP contribution in [-0.4, -0.2) is 42.9 Å². The molecule has 0 radical (unpaired) electrons. The van der Waals surface area contributed by atoms with Crippen LogP contribution in [0.25, 0.3) is 0 Å². The second-order valence-corrected chi connectivity index (χ2v) is 5.81. The summed E-state index contributed by atoms with van der Waals surface area (Å²) in [5, 5.41) is 9.76. The van der Waals surface area contributed by atoms with Gasteiger partial charge in [-0.3, -0.25) is 4.90 Å². The normalized spacial score (nSPS) is 20.0. The van der Waals surface area contributed by atoms with E-state index >= 15 is 0 Å². The van der Waals surface area contributed by atoms with Crippen molar-refractivity contribution < 1.29 is 14.6 Å². The fraction of sp³-hybridized carbons (Fsp3) is 0.647. The summed E-state index contributed by atoms with van der Waals surface area (Å²) in [5.41, 5.74) is 2.05. The Kier molecular flexibility index (Phi) is 6.03. The standard InChI is InChI=1S/C17H27NO3/c1-4-20-17-8-7-14(13(2)19)10-15(17)11-18(3)12-16-6-5-9-21-16/h7-8,10,13,16,19H,4-6,9,11-12H2,1-3H3. The Hall–Kier alpha value is -1.10. The molecule has 1 heterocycles. The van der Waals surface area contributed by atoms with Gasteiger partial charge in [0.1, 0.15) is 5.75 Å². The van der Waals surface area contributed by atoms with Gasteiger partial charge >= 0.3 is 0 Å². The van der Waals surface area contributed by atoms with Crippen LogP contribution in [0.15, 0.2) is 18.2 Å². The van der Waals surface area contributed by atoms with Gasteiger partial charge in [0.15, 0.2) is 0 Å². The summed E-state index contributed by atoms with van der Waals surface area (Å²) in [7, 11) is 2.10. The number of ether oxygens (including phenoxy) is 2. The van der Waals surface area contributed by atoms with Gasteiger partial charge in [0.2, 0.25) is 0 Å². The van der Waals surface area contributed by atoms with Crippen LogP contribution in [0.1, 0.15) is 43.9 Å². The van der Waals surface area contributed by atoms with Crippen molar-refractivity contribution in [3.8, 4) is 5.75 Å². The van der Waals surface area contributed by atoms with Crippen LogP contribution in [-0.2, 0) is 11.3 Å². The van der Waals surface area contributed by atoms with Gasteiger partial charge in [-0.2, -0.15) is 0 Å². The van der Waals surface area contributed by atoms with Crippen LogP contribution in [0, 0.1) is 0 Å². The lowest BCUT2D eigenvalue weighted by Crippen LogP contribution is -2.28. The lowest BCUT2D eigenvalue weighted by atomic mass is 10.1. The molecule has 0 bridgehead atoms. The fourth-order valence-electron chi connectivity index (χ4n) is 2.77. The first-order chi connectivity index (χ1) is 10.1. The highest BCUT2D eigenvalue weighted by Gasteiger charge is 2.18. The third kappa shape index (κ3) is 4.70. The molecule has 1 fully saturated rings. The zero-order chi connectivity index (χ0) is 15.2. The monoisotopic (exact) mass is 293 g/mol. The first kappa shape index (κ1) is 16.3. The van der Waals surface area contributed by atoms with Crippen LogP contribution in [0.4, 0.5) is 0 Å². The van der Waals surface area contributed by atoms with Gasteiger partial charge in [-0.15, -0.1) is 0 Å². The maximum atomic E-state index is 9.76. The van der Waals surface area contributed by atoms with E-state index in [0.717, 1.165) is 43.0 Å². The number of benzene rings is 1. The molecule has 4 nitrogen and oxygen atoms in total. The summed E-state index contributed by atoms with van der Waals surface area (Å²) in [5.74, 6) is 0.904. The Balaban J connectivity index is 2.05. The zero-order valence-corrected chi connectivity index (χ0v) is 13.3. The number of aliphatic hydroxyl groups is 1. The Bertz CT molecular complexity index is 442. The van der Waals surface area contributed by atoms with Gasteiger partial charge < -0.3 is 14.6 Å². The fourth-order valence-corrected chi connectivity index (χ4v) is 2.77. The minimum absolute atomic E-state index is 0.352. The average Bonchev–Trinajstić information content (AvgIpc) is 2.93. The van der Waals surface area contributed by atoms with Crippen molar-refractivity contribution >= 4 is 0 Å². The molecule has 21 heavy (non-hydrogen) atoms. The van der Waals surface area contributed by atoms with Crippen LogP contribution in [0.5, 0.6) is 5.75 Å². The lowest BCUT2D eigenvalue weighted by Gasteiger charge is -2.22. The topological polar surface area (TPSA) is 41.9 Å². The van der Waals surface area contributed by atoms with Gasteiger partial charge in [0, 0.05) is 25.3 Å². The average molecular weight is 293 g/mol. The van der Waals surface area contributed by atoms with Crippen molar-refractivity contribution in [1.29, 1.82) is 0 Å². The predicted molar refractivity (Wildman–Crippen MR) is 83.6 cm³/mol. The molecule has 0 aliphatic carbocycles. The first-order valence-corrected chi connectivity index (χ1v) is 7.84. The van der Waals surface area contributed by atoms with Crippen molar-refractivity contribution in [1.82, 2.24) is 4.90 Å². The van der Waals surface area contributed by atoms with E-state index in [1.807, 2.05) is 25.1 Å². The van der Waals surface area contributed by atoms with Gasteiger partial charge in [-0.05, 0) is 51.4 Å². The maximum Gasteiger partial charge on any atom is 0.123 e. The van der Waals surface area contributed by atoms with Gasteiger partial charge in [-0.25, -0.2) is 0 Å². The van der Waals surface area contributed by atoms with E-state index in [0.29, 0.717) is 12.7 Å². The minimum Gasteiger partial charge on any atom is -0.494 e. The van der Waals surface area contributed by atoms with Crippen molar-refractivity contribution in [2.75, 3.05) is 26.8 Å². The number of nitrogens with zero attached hydrogens (tertiary/aromatic N) is 1. The molecule has 0 spiro atoms. The van der Waals surface area contributed by atoms with E-state index in [4.69, 9.17) is 9.47 Å². The molecule has 2 rings (SSSR count). The largest absolute Gasteiger partial charge is 0.494 e. The number of likely N-dealkylation sites (N-methyl/N-ethyl adjacent to an activating group) is 1. The summed E-state index contributed by atoms with van der Waals surface area (Å²) in [6, 6.07) is 5.93. The Labute approximate surface area is 127 Å². The SMILES string of the molecule is CCOc1ccc(C(C)O)cc1CN(C)CC1CCCO1. The second kappa shape index (κ2) is 7.78. The Morgan fingerprint density at radius 1 is 1.48 bits per heavy atom. The molecule has 1 aliphatic rings. The smallest absolute Gasteiger partial charge is 0.123 e. The van der Waals surface area contributed by atoms with Crippen molar-refractivity contribution in [2.24, 2.45) is 0 Å². The molecule has 0 aromatic heterocycles. The van der Waals surface area contributed by atoms with E-state index in [1.165, 1.54) is 6.42 Å². The van der Waals surface area contributed by atoms with Crippen molar-refractivity contribution in [3.63, 3.8) is 0 Å². The van der Waals surface area contributed by atoms with Gasteiger partial charge in [-0.1, -0.05) is 6.07 Å². The molecular weight excluding hydrogens is 266 g/mol. The van der Waals surface area contributed by atoms with E-state index in [9.17, 15) is 5.11 Å².